The van der Waals surface area contributed by atoms with Gasteiger partial charge in [0.2, 0.25) is 0 Å². The molecule has 0 heterocycles. The van der Waals surface area contributed by atoms with E-state index in [2.05, 4.69) is 4.85 Å². The Labute approximate surface area is 77.9 Å². The SMILES string of the molecule is [C-]#[N+]C(C#N)(CC)C(=O)OC(C)C. The molecule has 0 aromatic carbocycles. The Bertz CT molecular complexity index is 256. The lowest BCUT2D eigenvalue weighted by atomic mass is 10.00. The van der Waals surface area contributed by atoms with Crippen molar-refractivity contribution in [2.45, 2.75) is 38.8 Å². The second-order valence-corrected chi connectivity index (χ2v) is 2.89. The van der Waals surface area contributed by atoms with Crippen molar-refractivity contribution in [2.75, 3.05) is 0 Å². The van der Waals surface area contributed by atoms with E-state index < -0.39 is 11.5 Å². The van der Waals surface area contributed by atoms with Crippen LogP contribution in [0.4, 0.5) is 0 Å². The van der Waals surface area contributed by atoms with Crippen LogP contribution in [0.5, 0.6) is 0 Å². The Morgan fingerprint density at radius 2 is 2.31 bits per heavy atom. The Hall–Kier alpha value is -1.55. The first-order valence-corrected chi connectivity index (χ1v) is 4.03. The van der Waals surface area contributed by atoms with Crippen LogP contribution in [0.15, 0.2) is 0 Å². The highest BCUT2D eigenvalue weighted by Crippen LogP contribution is 2.17. The predicted molar refractivity (Wildman–Crippen MR) is 46.5 cm³/mol. The van der Waals surface area contributed by atoms with E-state index in [0.29, 0.717) is 0 Å². The van der Waals surface area contributed by atoms with Crippen LogP contribution in [0, 0.1) is 17.9 Å². The number of esters is 1. The normalized spacial score (nSPS) is 14.0. The molecule has 13 heavy (non-hydrogen) atoms. The summed E-state index contributed by atoms with van der Waals surface area (Å²) in [6.07, 6.45) is -0.146. The lowest BCUT2D eigenvalue weighted by Crippen LogP contribution is -2.36. The Kier molecular flexibility index (Phi) is 3.94. The lowest BCUT2D eigenvalue weighted by Gasteiger charge is -2.13. The molecule has 0 spiro atoms. The molecule has 0 aromatic rings. The highest BCUT2D eigenvalue weighted by Gasteiger charge is 2.46. The lowest BCUT2D eigenvalue weighted by molar-refractivity contribution is -0.150. The van der Waals surface area contributed by atoms with Crippen molar-refractivity contribution < 1.29 is 9.53 Å². The van der Waals surface area contributed by atoms with Crippen molar-refractivity contribution in [2.24, 2.45) is 0 Å². The van der Waals surface area contributed by atoms with Gasteiger partial charge in [-0.25, -0.2) is 11.4 Å². The summed E-state index contributed by atoms with van der Waals surface area (Å²) >= 11 is 0. The summed E-state index contributed by atoms with van der Waals surface area (Å²) < 4.78 is 4.81. The predicted octanol–water partition coefficient (Wildman–Crippen LogP) is 1.53. The zero-order chi connectivity index (χ0) is 10.5. The van der Waals surface area contributed by atoms with Crippen LogP contribution in [0.25, 0.3) is 4.85 Å². The third kappa shape index (κ3) is 2.45. The summed E-state index contributed by atoms with van der Waals surface area (Å²) in [5, 5.41) is 8.70. The van der Waals surface area contributed by atoms with E-state index in [9.17, 15) is 4.79 Å². The molecule has 4 nitrogen and oxygen atoms in total. The second kappa shape index (κ2) is 4.47. The fourth-order valence-corrected chi connectivity index (χ4v) is 0.730. The number of nitriles is 1. The molecule has 0 saturated carbocycles. The van der Waals surface area contributed by atoms with Crippen LogP contribution in [0.2, 0.25) is 0 Å². The average molecular weight is 180 g/mol. The second-order valence-electron chi connectivity index (χ2n) is 2.89. The number of carbonyl (C=O) groups excluding carboxylic acids is 1. The van der Waals surface area contributed by atoms with Gasteiger partial charge < -0.3 is 4.74 Å². The van der Waals surface area contributed by atoms with Gasteiger partial charge in [0.25, 0.3) is 0 Å². The molecule has 0 bridgehead atoms. The highest BCUT2D eigenvalue weighted by molar-refractivity contribution is 5.86. The van der Waals surface area contributed by atoms with Gasteiger partial charge in [0.15, 0.2) is 6.07 Å². The van der Waals surface area contributed by atoms with Crippen molar-refractivity contribution >= 4 is 5.97 Å². The monoisotopic (exact) mass is 180 g/mol. The third-order valence-corrected chi connectivity index (χ3v) is 1.57. The molecule has 1 atom stereocenters. The quantitative estimate of drug-likeness (QED) is 0.489. The highest BCUT2D eigenvalue weighted by atomic mass is 16.5. The van der Waals surface area contributed by atoms with Gasteiger partial charge in [0.1, 0.15) is 0 Å². The van der Waals surface area contributed by atoms with E-state index in [1.807, 2.05) is 0 Å². The average Bonchev–Trinajstić information content (AvgIpc) is 2.07. The van der Waals surface area contributed by atoms with Crippen LogP contribution in [0.1, 0.15) is 27.2 Å². The van der Waals surface area contributed by atoms with E-state index in [4.69, 9.17) is 16.6 Å². The molecule has 0 saturated heterocycles. The number of hydrogen-bond acceptors (Lipinski definition) is 3. The maximum atomic E-state index is 11.3. The molecule has 0 aliphatic rings. The van der Waals surface area contributed by atoms with Crippen molar-refractivity contribution in [3.63, 3.8) is 0 Å². The fraction of sp³-hybridized carbons (Fsp3) is 0.667. The summed E-state index contributed by atoms with van der Waals surface area (Å²) in [4.78, 5) is 14.3. The number of ether oxygens (including phenoxy) is 1. The molecule has 0 aromatic heterocycles. The molecule has 70 valence electrons. The van der Waals surface area contributed by atoms with E-state index in [1.54, 1.807) is 26.8 Å². The Morgan fingerprint density at radius 1 is 1.77 bits per heavy atom. The smallest absolute Gasteiger partial charge is 0.409 e. The molecule has 0 fully saturated rings. The summed E-state index contributed by atoms with van der Waals surface area (Å²) in [5.74, 6) is -0.748. The minimum absolute atomic E-state index is 0.151. The van der Waals surface area contributed by atoms with E-state index in [-0.39, 0.29) is 12.5 Å². The third-order valence-electron chi connectivity index (χ3n) is 1.57. The van der Waals surface area contributed by atoms with Crippen LogP contribution in [-0.4, -0.2) is 17.6 Å². The van der Waals surface area contributed by atoms with Crippen molar-refractivity contribution in [1.29, 1.82) is 5.26 Å². The van der Waals surface area contributed by atoms with E-state index >= 15 is 0 Å². The molecular formula is C9H12N2O2. The van der Waals surface area contributed by atoms with Crippen molar-refractivity contribution in [3.8, 4) is 6.07 Å². The summed E-state index contributed by atoms with van der Waals surface area (Å²) in [6.45, 7) is 11.8. The van der Waals surface area contributed by atoms with Gasteiger partial charge in [-0.2, -0.15) is 5.26 Å². The zero-order valence-corrected chi connectivity index (χ0v) is 8.00. The number of nitrogens with zero attached hydrogens (tertiary/aromatic N) is 2. The molecule has 0 N–H and O–H groups in total. The van der Waals surface area contributed by atoms with Gasteiger partial charge in [-0.3, -0.25) is 4.85 Å². The van der Waals surface area contributed by atoms with E-state index in [0.717, 1.165) is 0 Å². The van der Waals surface area contributed by atoms with Crippen molar-refractivity contribution in [3.05, 3.63) is 11.4 Å². The first-order chi connectivity index (χ1) is 6.02. The molecule has 0 radical (unpaired) electrons. The minimum atomic E-state index is -1.65. The van der Waals surface area contributed by atoms with E-state index in [1.165, 1.54) is 0 Å². The molecule has 0 aliphatic heterocycles. The standard InChI is InChI=1S/C9H12N2O2/c1-5-9(6-10,11-4)8(12)13-7(2)3/h7H,5H2,1-3H3. The first-order valence-electron chi connectivity index (χ1n) is 4.03. The molecule has 0 rings (SSSR count). The molecule has 1 unspecified atom stereocenters. The number of rotatable bonds is 3. The summed E-state index contributed by atoms with van der Waals surface area (Å²) in [5.41, 5.74) is -1.65. The zero-order valence-electron chi connectivity index (χ0n) is 8.00. The largest absolute Gasteiger partial charge is 0.456 e. The maximum absolute atomic E-state index is 11.3. The maximum Gasteiger partial charge on any atom is 0.409 e. The molecular weight excluding hydrogens is 168 g/mol. The van der Waals surface area contributed by atoms with Gasteiger partial charge in [0, 0.05) is 6.42 Å². The topological polar surface area (TPSA) is 54.5 Å². The fourth-order valence-electron chi connectivity index (χ4n) is 0.730. The minimum Gasteiger partial charge on any atom is -0.456 e. The van der Waals surface area contributed by atoms with Gasteiger partial charge >= 0.3 is 11.5 Å². The van der Waals surface area contributed by atoms with Gasteiger partial charge in [-0.05, 0) is 13.8 Å². The van der Waals surface area contributed by atoms with Gasteiger partial charge in [0.05, 0.1) is 6.10 Å². The first kappa shape index (κ1) is 11.4. The molecule has 4 heteroatoms. The number of hydrogen-bond donors (Lipinski definition) is 0. The van der Waals surface area contributed by atoms with Gasteiger partial charge in [-0.15, -0.1) is 0 Å². The Morgan fingerprint density at radius 3 is 2.54 bits per heavy atom. The molecule has 0 aliphatic carbocycles. The Balaban J connectivity index is 4.71. The van der Waals surface area contributed by atoms with Crippen LogP contribution in [-0.2, 0) is 9.53 Å². The van der Waals surface area contributed by atoms with Crippen LogP contribution >= 0.6 is 0 Å². The summed E-state index contributed by atoms with van der Waals surface area (Å²) in [7, 11) is 0. The molecule has 0 amide bonds. The van der Waals surface area contributed by atoms with Gasteiger partial charge in [-0.1, -0.05) is 6.92 Å². The van der Waals surface area contributed by atoms with Crippen LogP contribution < -0.4 is 0 Å². The van der Waals surface area contributed by atoms with Crippen molar-refractivity contribution in [1.82, 2.24) is 0 Å². The van der Waals surface area contributed by atoms with Crippen LogP contribution in [0.3, 0.4) is 0 Å². The summed E-state index contributed by atoms with van der Waals surface area (Å²) in [6, 6.07) is 1.69. The number of carbonyl (C=O) groups is 1.